The maximum Gasteiger partial charge on any atom is 0.335 e. The lowest BCUT2D eigenvalue weighted by Gasteiger charge is -2.29. The molecule has 3 rings (SSSR count). The predicted octanol–water partition coefficient (Wildman–Crippen LogP) is 8.37. The molecule has 0 saturated carbocycles. The van der Waals surface area contributed by atoms with Gasteiger partial charge in [-0.15, -0.1) is 5.10 Å². The molecule has 9 heteroatoms. The van der Waals surface area contributed by atoms with E-state index >= 15 is 0 Å². The number of nitrogens with one attached hydrogen (secondary N) is 1. The Bertz CT molecular complexity index is 1240. The van der Waals surface area contributed by atoms with E-state index in [0.29, 0.717) is 12.4 Å². The van der Waals surface area contributed by atoms with E-state index in [1.54, 1.807) is 0 Å². The first-order valence-electron chi connectivity index (χ1n) is 16.8. The molecule has 2 aromatic carbocycles. The largest absolute Gasteiger partial charge is 0.494 e. The van der Waals surface area contributed by atoms with Crippen LogP contribution in [0.1, 0.15) is 132 Å². The average molecular weight is 628 g/mol. The molecule has 1 heterocycles. The van der Waals surface area contributed by atoms with Gasteiger partial charge in [-0.05, 0) is 68.1 Å². The third-order valence-electron chi connectivity index (χ3n) is 8.20. The van der Waals surface area contributed by atoms with Crippen molar-refractivity contribution in [2.75, 3.05) is 19.7 Å². The third-order valence-corrected chi connectivity index (χ3v) is 9.40. The van der Waals surface area contributed by atoms with Gasteiger partial charge in [0.2, 0.25) is 0 Å². The third kappa shape index (κ3) is 12.9. The molecule has 0 bridgehead atoms. The minimum absolute atomic E-state index is 0.0993. The van der Waals surface area contributed by atoms with Gasteiger partial charge >= 0.3 is 5.97 Å². The number of aromatic carboxylic acids is 1. The summed E-state index contributed by atoms with van der Waals surface area (Å²) in [5, 5.41) is 13.6. The molecule has 44 heavy (non-hydrogen) atoms. The van der Waals surface area contributed by atoms with Crippen molar-refractivity contribution >= 4 is 21.8 Å². The van der Waals surface area contributed by atoms with Crippen LogP contribution in [0.3, 0.4) is 0 Å². The van der Waals surface area contributed by atoms with Crippen LogP contribution in [0.5, 0.6) is 5.75 Å². The van der Waals surface area contributed by atoms with Gasteiger partial charge in [0.05, 0.1) is 17.1 Å². The van der Waals surface area contributed by atoms with Gasteiger partial charge in [-0.25, -0.2) is 4.79 Å². The van der Waals surface area contributed by atoms with Gasteiger partial charge in [-0.1, -0.05) is 96.5 Å². The smallest absolute Gasteiger partial charge is 0.335 e. The zero-order chi connectivity index (χ0) is 31.5. The van der Waals surface area contributed by atoms with Crippen LogP contribution in [0.2, 0.25) is 0 Å². The fraction of sp³-hybridized carbons (Fsp3) is 0.600. The van der Waals surface area contributed by atoms with Crippen LogP contribution in [-0.2, 0) is 10.0 Å². The van der Waals surface area contributed by atoms with E-state index < -0.39 is 16.0 Å². The summed E-state index contributed by atoms with van der Waals surface area (Å²) in [7, 11) is -4.05. The van der Waals surface area contributed by atoms with Crippen LogP contribution < -0.4 is 9.57 Å². The van der Waals surface area contributed by atoms with Gasteiger partial charge < -0.3 is 14.7 Å². The fourth-order valence-electron chi connectivity index (χ4n) is 5.56. The molecule has 0 radical (unpaired) electrons. The number of hydrazone groups is 1. The molecule has 0 atom stereocenters. The van der Waals surface area contributed by atoms with Crippen LogP contribution in [-0.4, -0.2) is 49.9 Å². The number of piperidine rings is 1. The van der Waals surface area contributed by atoms with Crippen molar-refractivity contribution in [3.05, 3.63) is 59.7 Å². The summed E-state index contributed by atoms with van der Waals surface area (Å²) >= 11 is 0. The first-order chi connectivity index (χ1) is 21.4. The molecule has 0 aromatic heterocycles. The molecule has 1 saturated heterocycles. The Balaban J connectivity index is 1.42. The number of benzene rings is 2. The zero-order valence-corrected chi connectivity index (χ0v) is 27.5. The second kappa shape index (κ2) is 20.1. The molecule has 0 unspecified atom stereocenters. The number of likely N-dealkylation sites (tertiary alicyclic amines) is 1. The number of sulfonamides is 1. The highest BCUT2D eigenvalue weighted by Gasteiger charge is 2.20. The SMILES string of the molecule is CCCCCCCCCCCCCCCCOc1ccc(/C(=N/NS(=O)(=O)c2cccc(C(=O)O)c2)N2CCCCC2)cc1. The topological polar surface area (TPSA) is 108 Å². The summed E-state index contributed by atoms with van der Waals surface area (Å²) in [5.41, 5.74) is 0.690. The molecule has 0 amide bonds. The van der Waals surface area contributed by atoms with E-state index in [1.165, 1.54) is 102 Å². The van der Waals surface area contributed by atoms with Crippen molar-refractivity contribution in [2.45, 2.75) is 121 Å². The van der Waals surface area contributed by atoms with Gasteiger partial charge in [-0.2, -0.15) is 13.2 Å². The fourth-order valence-corrected chi connectivity index (χ4v) is 6.41. The summed E-state index contributed by atoms with van der Waals surface area (Å²) in [6, 6.07) is 12.9. The number of hydrogen-bond acceptors (Lipinski definition) is 5. The van der Waals surface area contributed by atoms with Gasteiger partial charge in [0.25, 0.3) is 10.0 Å². The van der Waals surface area contributed by atoms with E-state index in [-0.39, 0.29) is 10.5 Å². The van der Waals surface area contributed by atoms with Crippen LogP contribution in [0.4, 0.5) is 0 Å². The quantitative estimate of drug-likeness (QED) is 0.0623. The van der Waals surface area contributed by atoms with Crippen LogP contribution in [0, 0.1) is 0 Å². The first kappa shape index (κ1) is 35.4. The number of rotatable bonds is 21. The predicted molar refractivity (Wildman–Crippen MR) is 178 cm³/mol. The van der Waals surface area contributed by atoms with Crippen molar-refractivity contribution in [1.29, 1.82) is 0 Å². The maximum absolute atomic E-state index is 13.0. The Morgan fingerprint density at radius 3 is 1.93 bits per heavy atom. The molecule has 0 spiro atoms. The van der Waals surface area contributed by atoms with E-state index in [2.05, 4.69) is 21.8 Å². The first-order valence-corrected chi connectivity index (χ1v) is 18.3. The minimum atomic E-state index is -4.05. The van der Waals surface area contributed by atoms with Crippen LogP contribution in [0.15, 0.2) is 58.5 Å². The Hall–Kier alpha value is -3.07. The lowest BCUT2D eigenvalue weighted by Crippen LogP contribution is -2.38. The summed E-state index contributed by atoms with van der Waals surface area (Å²) in [6.07, 6.45) is 21.7. The molecular formula is C35H53N3O5S. The number of hydrogen-bond donors (Lipinski definition) is 2. The number of carboxylic acid groups (broad SMARTS) is 1. The summed E-state index contributed by atoms with van der Waals surface area (Å²) in [4.78, 5) is 15.6. The highest BCUT2D eigenvalue weighted by molar-refractivity contribution is 7.89. The molecule has 2 aromatic rings. The van der Waals surface area contributed by atoms with Crippen molar-refractivity contribution in [2.24, 2.45) is 5.10 Å². The van der Waals surface area contributed by atoms with E-state index in [1.807, 2.05) is 24.3 Å². The maximum atomic E-state index is 13.0. The van der Waals surface area contributed by atoms with Gasteiger partial charge in [0.15, 0.2) is 5.84 Å². The Kier molecular flexibility index (Phi) is 16.1. The molecule has 2 N–H and O–H groups in total. The molecular weight excluding hydrogens is 574 g/mol. The van der Waals surface area contributed by atoms with E-state index in [9.17, 15) is 18.3 Å². The summed E-state index contributed by atoms with van der Waals surface area (Å²) in [6.45, 7) is 4.52. The van der Waals surface area contributed by atoms with Gasteiger partial charge in [0.1, 0.15) is 5.75 Å². The number of carboxylic acids is 1. The van der Waals surface area contributed by atoms with Crippen LogP contribution >= 0.6 is 0 Å². The highest BCUT2D eigenvalue weighted by atomic mass is 32.2. The average Bonchev–Trinajstić information content (AvgIpc) is 3.04. The Morgan fingerprint density at radius 2 is 1.36 bits per heavy atom. The van der Waals surface area contributed by atoms with E-state index in [0.717, 1.165) is 56.2 Å². The number of amidine groups is 1. The normalized spacial score (nSPS) is 14.0. The summed E-state index contributed by atoms with van der Waals surface area (Å²) in [5.74, 6) is 0.139. The number of ether oxygens (including phenoxy) is 1. The van der Waals surface area contributed by atoms with Gasteiger partial charge in [0, 0.05) is 18.7 Å². The Morgan fingerprint density at radius 1 is 0.795 bits per heavy atom. The monoisotopic (exact) mass is 627 g/mol. The minimum Gasteiger partial charge on any atom is -0.494 e. The van der Waals surface area contributed by atoms with E-state index in [4.69, 9.17) is 4.74 Å². The van der Waals surface area contributed by atoms with Crippen LogP contribution in [0.25, 0.3) is 0 Å². The number of unbranched alkanes of at least 4 members (excludes halogenated alkanes) is 13. The molecule has 1 aliphatic rings. The summed E-state index contributed by atoms with van der Waals surface area (Å²) < 4.78 is 31.9. The standard InChI is InChI=1S/C35H53N3O5S/c1-2-3-4-5-6-7-8-9-10-11-12-13-14-18-28-43-32-24-22-30(23-25-32)34(38-26-16-15-17-27-38)36-37-44(41,42)33-21-19-20-31(29-33)35(39)40/h19-25,29,37H,2-18,26-28H2,1H3,(H,39,40)/b36-34-. The molecule has 1 fully saturated rings. The zero-order valence-electron chi connectivity index (χ0n) is 26.6. The second-order valence-electron chi connectivity index (χ2n) is 11.9. The molecule has 244 valence electrons. The van der Waals surface area contributed by atoms with Crippen molar-refractivity contribution in [3.8, 4) is 5.75 Å². The van der Waals surface area contributed by atoms with Crippen molar-refractivity contribution in [1.82, 2.24) is 9.73 Å². The number of carbonyl (C=O) groups is 1. The number of nitrogens with zero attached hydrogens (tertiary/aromatic N) is 2. The molecule has 0 aliphatic carbocycles. The lowest BCUT2D eigenvalue weighted by molar-refractivity contribution is 0.0696. The lowest BCUT2D eigenvalue weighted by atomic mass is 10.0. The van der Waals surface area contributed by atoms with Crippen molar-refractivity contribution < 1.29 is 23.1 Å². The highest BCUT2D eigenvalue weighted by Crippen LogP contribution is 2.19. The second-order valence-corrected chi connectivity index (χ2v) is 13.5. The molecule has 1 aliphatic heterocycles. The van der Waals surface area contributed by atoms with Crippen molar-refractivity contribution in [3.63, 3.8) is 0 Å². The Labute approximate surface area is 265 Å². The van der Waals surface area contributed by atoms with Gasteiger partial charge in [-0.3, -0.25) is 0 Å². The molecule has 8 nitrogen and oxygen atoms in total.